The molecule has 6 nitrogen and oxygen atoms in total. The molecule has 2 aromatic rings. The number of amides is 1. The monoisotopic (exact) mass is 559 g/mol. The number of halogens is 1. The first-order valence-electron chi connectivity index (χ1n) is 13.6. The van der Waals surface area contributed by atoms with Crippen LogP contribution in [0.15, 0.2) is 52.3 Å². The van der Waals surface area contributed by atoms with Crippen molar-refractivity contribution in [2.75, 3.05) is 57.9 Å². The lowest BCUT2D eigenvalue weighted by Gasteiger charge is -2.37. The number of hydrogen-bond donors (Lipinski definition) is 0. The van der Waals surface area contributed by atoms with Gasteiger partial charge in [-0.2, -0.15) is 0 Å². The predicted octanol–water partition coefficient (Wildman–Crippen LogP) is 6.48. The smallest absolute Gasteiger partial charge is 0.225 e. The molecule has 0 aromatic heterocycles. The summed E-state index contributed by atoms with van der Waals surface area (Å²) >= 11 is 8.17. The van der Waals surface area contributed by atoms with Gasteiger partial charge >= 0.3 is 0 Å². The highest BCUT2D eigenvalue weighted by atomic mass is 35.5. The Kier molecular flexibility index (Phi) is 9.69. The van der Waals surface area contributed by atoms with E-state index in [4.69, 9.17) is 21.1 Å². The van der Waals surface area contributed by atoms with Crippen LogP contribution in [0.25, 0.3) is 0 Å². The molecule has 4 rings (SSSR count). The van der Waals surface area contributed by atoms with E-state index in [0.717, 1.165) is 57.1 Å². The van der Waals surface area contributed by atoms with Crippen molar-refractivity contribution in [1.29, 1.82) is 0 Å². The molecular formula is C30H42ClN3O3S. The highest BCUT2D eigenvalue weighted by Gasteiger charge is 2.29. The molecule has 0 unspecified atom stereocenters. The van der Waals surface area contributed by atoms with Crippen LogP contribution in [0.3, 0.4) is 0 Å². The lowest BCUT2D eigenvalue weighted by Crippen LogP contribution is -2.50. The normalized spacial score (nSPS) is 16.4. The van der Waals surface area contributed by atoms with Crippen LogP contribution < -0.4 is 4.90 Å². The maximum absolute atomic E-state index is 13.0. The summed E-state index contributed by atoms with van der Waals surface area (Å²) in [7, 11) is 1.72. The van der Waals surface area contributed by atoms with Crippen molar-refractivity contribution in [2.45, 2.75) is 68.0 Å². The molecule has 0 N–H and O–H groups in total. The van der Waals surface area contributed by atoms with E-state index in [1.54, 1.807) is 18.9 Å². The SMILES string of the molecule is COC(C)(C)CCOC(C)(C)CC(=O)N1CCN(CCCN2c3ccccc3Sc3ccc(Cl)cc32)CC1. The minimum Gasteiger partial charge on any atom is -0.379 e. The number of carbonyl (C=O) groups excluding carboxylic acids is 1. The first-order valence-corrected chi connectivity index (χ1v) is 14.8. The Balaban J connectivity index is 1.23. The van der Waals surface area contributed by atoms with Crippen LogP contribution in [-0.4, -0.2) is 79.9 Å². The quantitative estimate of drug-likeness (QED) is 0.314. The number of piperazine rings is 1. The van der Waals surface area contributed by atoms with Crippen molar-refractivity contribution >= 4 is 40.6 Å². The van der Waals surface area contributed by atoms with Crippen LogP contribution in [0.4, 0.5) is 11.4 Å². The van der Waals surface area contributed by atoms with E-state index in [9.17, 15) is 4.79 Å². The van der Waals surface area contributed by atoms with Gasteiger partial charge < -0.3 is 19.3 Å². The summed E-state index contributed by atoms with van der Waals surface area (Å²) in [5.74, 6) is 0.177. The standard InChI is InChI=1S/C30H42ClN3O3S/c1-29(2,36-5)13-20-37-30(3,4)22-28(35)33-18-16-32(17-19-33)14-8-15-34-24-9-6-7-10-26(24)38-27-12-11-23(31)21-25(27)34/h6-7,9-12,21H,8,13-20,22H2,1-5H3. The molecule has 38 heavy (non-hydrogen) atoms. The molecule has 1 amide bonds. The molecule has 2 aliphatic heterocycles. The van der Waals surface area contributed by atoms with Gasteiger partial charge in [0.25, 0.3) is 0 Å². The lowest BCUT2D eigenvalue weighted by molar-refractivity contribution is -0.140. The lowest BCUT2D eigenvalue weighted by atomic mass is 10.0. The van der Waals surface area contributed by atoms with Crippen LogP contribution in [0, 0.1) is 0 Å². The molecule has 8 heteroatoms. The number of anilines is 2. The van der Waals surface area contributed by atoms with Crippen molar-refractivity contribution in [2.24, 2.45) is 0 Å². The second-order valence-electron chi connectivity index (χ2n) is 11.4. The summed E-state index contributed by atoms with van der Waals surface area (Å²) in [4.78, 5) is 22.4. The third kappa shape index (κ3) is 7.66. The third-order valence-electron chi connectivity index (χ3n) is 7.50. The van der Waals surface area contributed by atoms with Gasteiger partial charge in [-0.15, -0.1) is 0 Å². The van der Waals surface area contributed by atoms with Crippen molar-refractivity contribution in [3.8, 4) is 0 Å². The molecular weight excluding hydrogens is 518 g/mol. The summed E-state index contributed by atoms with van der Waals surface area (Å²) in [6.07, 6.45) is 2.23. The van der Waals surface area contributed by atoms with E-state index < -0.39 is 5.60 Å². The van der Waals surface area contributed by atoms with Gasteiger partial charge in [-0.05, 0) is 77.4 Å². The molecule has 0 spiro atoms. The highest BCUT2D eigenvalue weighted by molar-refractivity contribution is 7.99. The van der Waals surface area contributed by atoms with Gasteiger partial charge in [-0.3, -0.25) is 9.69 Å². The van der Waals surface area contributed by atoms with Crippen molar-refractivity contribution in [1.82, 2.24) is 9.80 Å². The highest BCUT2D eigenvalue weighted by Crippen LogP contribution is 2.48. The molecule has 2 aliphatic rings. The molecule has 208 valence electrons. The predicted molar refractivity (Wildman–Crippen MR) is 157 cm³/mol. The van der Waals surface area contributed by atoms with Gasteiger partial charge in [0.05, 0.1) is 35.6 Å². The fourth-order valence-electron chi connectivity index (χ4n) is 4.92. The van der Waals surface area contributed by atoms with E-state index in [2.05, 4.69) is 46.2 Å². The van der Waals surface area contributed by atoms with Crippen LogP contribution in [-0.2, 0) is 14.3 Å². The van der Waals surface area contributed by atoms with E-state index in [0.29, 0.717) is 13.0 Å². The summed E-state index contributed by atoms with van der Waals surface area (Å²) < 4.78 is 11.5. The van der Waals surface area contributed by atoms with Gasteiger partial charge in [0, 0.05) is 54.6 Å². The van der Waals surface area contributed by atoms with Gasteiger partial charge in [0.2, 0.25) is 5.91 Å². The van der Waals surface area contributed by atoms with E-state index in [1.165, 1.54) is 21.2 Å². The maximum Gasteiger partial charge on any atom is 0.225 e. The zero-order valence-electron chi connectivity index (χ0n) is 23.5. The minimum absolute atomic E-state index is 0.177. The molecule has 2 aromatic carbocycles. The van der Waals surface area contributed by atoms with E-state index >= 15 is 0 Å². The number of benzene rings is 2. The first-order chi connectivity index (χ1) is 18.1. The number of hydrogen-bond acceptors (Lipinski definition) is 6. The van der Waals surface area contributed by atoms with Crippen LogP contribution in [0.1, 0.15) is 47.0 Å². The summed E-state index contributed by atoms with van der Waals surface area (Å²) in [6, 6.07) is 14.7. The second-order valence-corrected chi connectivity index (χ2v) is 12.9. The Labute approximate surface area is 237 Å². The second kappa shape index (κ2) is 12.6. The van der Waals surface area contributed by atoms with Crippen LogP contribution in [0.5, 0.6) is 0 Å². The minimum atomic E-state index is -0.486. The molecule has 0 saturated carbocycles. The fourth-order valence-corrected chi connectivity index (χ4v) is 6.16. The van der Waals surface area contributed by atoms with Gasteiger partial charge in [-0.25, -0.2) is 0 Å². The third-order valence-corrected chi connectivity index (χ3v) is 8.86. The van der Waals surface area contributed by atoms with E-state index in [-0.39, 0.29) is 11.5 Å². The topological polar surface area (TPSA) is 45.3 Å². The molecule has 1 saturated heterocycles. The molecule has 1 fully saturated rings. The maximum atomic E-state index is 13.0. The van der Waals surface area contributed by atoms with Crippen molar-refractivity contribution < 1.29 is 14.3 Å². The number of carbonyl (C=O) groups is 1. The zero-order chi connectivity index (χ0) is 27.3. The molecule has 0 aliphatic carbocycles. The van der Waals surface area contributed by atoms with Crippen molar-refractivity contribution in [3.05, 3.63) is 47.5 Å². The largest absolute Gasteiger partial charge is 0.379 e. The average Bonchev–Trinajstić information content (AvgIpc) is 2.88. The Morgan fingerprint density at radius 2 is 1.66 bits per heavy atom. The average molecular weight is 560 g/mol. The van der Waals surface area contributed by atoms with Crippen LogP contribution in [0.2, 0.25) is 5.02 Å². The zero-order valence-corrected chi connectivity index (χ0v) is 25.0. The van der Waals surface area contributed by atoms with E-state index in [1.807, 2.05) is 38.7 Å². The number of nitrogens with zero attached hydrogens (tertiary/aromatic N) is 3. The Hall–Kier alpha value is -1.77. The Morgan fingerprint density at radius 1 is 0.947 bits per heavy atom. The molecule has 0 radical (unpaired) electrons. The Morgan fingerprint density at radius 3 is 2.39 bits per heavy atom. The molecule has 0 bridgehead atoms. The molecule has 0 atom stereocenters. The first kappa shape index (κ1) is 29.2. The number of ether oxygens (including phenoxy) is 2. The number of para-hydroxylation sites is 1. The number of fused-ring (bicyclic) bond motifs is 2. The van der Waals surface area contributed by atoms with Gasteiger partial charge in [0.15, 0.2) is 0 Å². The fraction of sp³-hybridized carbons (Fsp3) is 0.567. The summed E-state index contributed by atoms with van der Waals surface area (Å²) in [5, 5.41) is 0.766. The number of methoxy groups -OCH3 is 1. The summed E-state index contributed by atoms with van der Waals surface area (Å²) in [5.41, 5.74) is 1.73. The van der Waals surface area contributed by atoms with Crippen LogP contribution >= 0.6 is 23.4 Å². The summed E-state index contributed by atoms with van der Waals surface area (Å²) in [6.45, 7) is 14.0. The van der Waals surface area contributed by atoms with Crippen molar-refractivity contribution in [3.63, 3.8) is 0 Å². The van der Waals surface area contributed by atoms with Gasteiger partial charge in [0.1, 0.15) is 0 Å². The Bertz CT molecular complexity index is 1100. The molecule has 2 heterocycles. The van der Waals surface area contributed by atoms with Gasteiger partial charge in [-0.1, -0.05) is 35.5 Å². The number of rotatable bonds is 11.